The quantitative estimate of drug-likeness (QED) is 0.464. The van der Waals surface area contributed by atoms with Gasteiger partial charge in [0.15, 0.2) is 0 Å². The van der Waals surface area contributed by atoms with E-state index >= 15 is 0 Å². The van der Waals surface area contributed by atoms with Crippen LogP contribution in [0.15, 0.2) is 64.6 Å². The first-order valence-electron chi connectivity index (χ1n) is 9.94. The summed E-state index contributed by atoms with van der Waals surface area (Å²) >= 11 is 1.77. The Balaban J connectivity index is 2.39. The Morgan fingerprint density at radius 1 is 1.00 bits per heavy atom. The molecule has 1 N–H and O–H groups in total. The second-order valence-corrected chi connectivity index (χ2v) is 10.1. The summed E-state index contributed by atoms with van der Waals surface area (Å²) in [7, 11) is 1.68. The van der Waals surface area contributed by atoms with Gasteiger partial charge in [-0.3, -0.25) is 4.99 Å². The second-order valence-electron chi connectivity index (χ2n) is 9.08. The van der Waals surface area contributed by atoms with Gasteiger partial charge in [0, 0.05) is 16.9 Å². The third kappa shape index (κ3) is 7.62. The molecule has 2 aromatic carbocycles. The number of ether oxygens (including phenoxy) is 1. The van der Waals surface area contributed by atoms with Crippen molar-refractivity contribution in [3.63, 3.8) is 0 Å². The molecule has 0 saturated heterocycles. The molecule has 3 nitrogen and oxygen atoms in total. The Hall–Kier alpha value is -2.20. The molecule has 4 heteroatoms. The summed E-state index contributed by atoms with van der Waals surface area (Å²) in [6.07, 6.45) is 1.03. The van der Waals surface area contributed by atoms with Gasteiger partial charge in [-0.05, 0) is 62.2 Å². The Labute approximate surface area is 180 Å². The molecule has 0 radical (unpaired) electrons. The maximum Gasteiger partial charge on any atom is 0.118 e. The van der Waals surface area contributed by atoms with Crippen LogP contribution in [0.5, 0.6) is 5.75 Å². The van der Waals surface area contributed by atoms with Crippen LogP contribution in [-0.2, 0) is 5.75 Å². The summed E-state index contributed by atoms with van der Waals surface area (Å²) in [5.41, 5.74) is 3.31. The molecule has 0 aliphatic carbocycles. The number of hydrogen-bond acceptors (Lipinski definition) is 4. The molecule has 0 unspecified atom stereocenters. The lowest BCUT2D eigenvalue weighted by molar-refractivity contribution is 0.259. The first kappa shape index (κ1) is 23.1. The van der Waals surface area contributed by atoms with E-state index in [1.165, 1.54) is 5.56 Å². The minimum atomic E-state index is -0.0836. The molecule has 0 saturated carbocycles. The molecule has 0 aliphatic heterocycles. The Kier molecular flexibility index (Phi) is 7.97. The number of aliphatic imine (C=N–C) groups is 1. The zero-order valence-corrected chi connectivity index (χ0v) is 19.4. The smallest absolute Gasteiger partial charge is 0.118 e. The van der Waals surface area contributed by atoms with Gasteiger partial charge in [-0.2, -0.15) is 0 Å². The fourth-order valence-electron chi connectivity index (χ4n) is 3.61. The zero-order chi connectivity index (χ0) is 21.5. The fraction of sp³-hybridized carbons (Fsp3) is 0.400. The van der Waals surface area contributed by atoms with E-state index in [9.17, 15) is 0 Å². The van der Waals surface area contributed by atoms with Crippen molar-refractivity contribution in [2.45, 2.75) is 52.3 Å². The van der Waals surface area contributed by atoms with Crippen LogP contribution in [0.2, 0.25) is 0 Å². The molecule has 0 aromatic heterocycles. The predicted molar refractivity (Wildman–Crippen MR) is 128 cm³/mol. The number of benzene rings is 2. The number of nitrogens with zero attached hydrogens (tertiary/aromatic N) is 1. The van der Waals surface area contributed by atoms with E-state index in [2.05, 4.69) is 75.9 Å². The number of nitrogens with one attached hydrogen (secondary N) is 1. The lowest BCUT2D eigenvalue weighted by atomic mass is 9.82. The van der Waals surface area contributed by atoms with Crippen LogP contribution >= 0.6 is 11.8 Å². The highest BCUT2D eigenvalue weighted by molar-refractivity contribution is 8.02. The monoisotopic (exact) mass is 410 g/mol. The average molecular weight is 411 g/mol. The van der Waals surface area contributed by atoms with Crippen LogP contribution in [0.3, 0.4) is 0 Å². The predicted octanol–water partition coefficient (Wildman–Crippen LogP) is 6.76. The number of methoxy groups -OCH3 is 1. The van der Waals surface area contributed by atoms with Gasteiger partial charge < -0.3 is 10.1 Å². The molecule has 2 aromatic rings. The van der Waals surface area contributed by atoms with Gasteiger partial charge in [0.25, 0.3) is 0 Å². The van der Waals surface area contributed by atoms with Crippen LogP contribution in [-0.4, -0.2) is 19.4 Å². The van der Waals surface area contributed by atoms with Crippen molar-refractivity contribution >= 4 is 24.2 Å². The highest BCUT2D eigenvalue weighted by atomic mass is 32.2. The number of rotatable bonds is 9. The van der Waals surface area contributed by atoms with Gasteiger partial charge in [-0.25, -0.2) is 0 Å². The SMILES string of the molecule is C=N/C(=C(/NC(C)(C)CC(C)(C)C)SCc1ccccc1)c1ccc(OC)cc1. The number of thioether (sulfide) groups is 1. The Morgan fingerprint density at radius 3 is 2.14 bits per heavy atom. The van der Waals surface area contributed by atoms with Crippen molar-refractivity contribution in [2.75, 3.05) is 7.11 Å². The van der Waals surface area contributed by atoms with Crippen LogP contribution < -0.4 is 10.1 Å². The average Bonchev–Trinajstić information content (AvgIpc) is 2.65. The molecule has 0 fully saturated rings. The molecule has 0 atom stereocenters. The highest BCUT2D eigenvalue weighted by Crippen LogP contribution is 2.34. The molecular weight excluding hydrogens is 376 g/mol. The minimum Gasteiger partial charge on any atom is -0.497 e. The first-order chi connectivity index (χ1) is 13.6. The normalized spacial score (nSPS) is 12.9. The Bertz CT molecular complexity index is 818. The maximum atomic E-state index is 5.30. The lowest BCUT2D eigenvalue weighted by Gasteiger charge is -2.35. The van der Waals surface area contributed by atoms with E-state index in [1.54, 1.807) is 18.9 Å². The maximum absolute atomic E-state index is 5.30. The molecule has 29 heavy (non-hydrogen) atoms. The molecule has 0 aliphatic rings. The molecule has 0 amide bonds. The first-order valence-corrected chi connectivity index (χ1v) is 10.9. The summed E-state index contributed by atoms with van der Waals surface area (Å²) in [6.45, 7) is 15.2. The minimum absolute atomic E-state index is 0.0836. The van der Waals surface area contributed by atoms with Crippen molar-refractivity contribution in [1.82, 2.24) is 5.32 Å². The van der Waals surface area contributed by atoms with Crippen molar-refractivity contribution < 1.29 is 4.74 Å². The van der Waals surface area contributed by atoms with Crippen molar-refractivity contribution in [3.05, 3.63) is 70.8 Å². The molecule has 0 bridgehead atoms. The molecular formula is C25H34N2OS. The molecule has 0 spiro atoms. The molecule has 156 valence electrons. The summed E-state index contributed by atoms with van der Waals surface area (Å²) in [5, 5.41) is 4.82. The summed E-state index contributed by atoms with van der Waals surface area (Å²) in [5.74, 6) is 1.70. The van der Waals surface area contributed by atoms with Gasteiger partial charge in [0.1, 0.15) is 5.75 Å². The largest absolute Gasteiger partial charge is 0.497 e. The van der Waals surface area contributed by atoms with Gasteiger partial charge in [-0.15, -0.1) is 11.8 Å². The van der Waals surface area contributed by atoms with Crippen LogP contribution in [0.4, 0.5) is 0 Å². The van der Waals surface area contributed by atoms with Gasteiger partial charge in [0.05, 0.1) is 17.8 Å². The van der Waals surface area contributed by atoms with E-state index in [0.29, 0.717) is 0 Å². The van der Waals surface area contributed by atoms with Crippen LogP contribution in [0.1, 0.15) is 52.2 Å². The fourth-order valence-corrected chi connectivity index (χ4v) is 4.78. The van der Waals surface area contributed by atoms with Crippen LogP contribution in [0.25, 0.3) is 5.70 Å². The Morgan fingerprint density at radius 2 is 1.62 bits per heavy atom. The molecule has 2 rings (SSSR count). The van der Waals surface area contributed by atoms with Gasteiger partial charge in [0.2, 0.25) is 0 Å². The van der Waals surface area contributed by atoms with Crippen molar-refractivity contribution in [1.29, 1.82) is 0 Å². The van der Waals surface area contributed by atoms with E-state index in [0.717, 1.165) is 34.2 Å². The van der Waals surface area contributed by atoms with E-state index in [-0.39, 0.29) is 11.0 Å². The molecule has 0 heterocycles. The van der Waals surface area contributed by atoms with E-state index < -0.39 is 0 Å². The third-order valence-electron chi connectivity index (χ3n) is 4.39. The summed E-state index contributed by atoms with van der Waals surface area (Å²) in [4.78, 5) is 4.41. The van der Waals surface area contributed by atoms with Gasteiger partial charge >= 0.3 is 0 Å². The second kappa shape index (κ2) is 10.0. The zero-order valence-electron chi connectivity index (χ0n) is 18.6. The van der Waals surface area contributed by atoms with Crippen LogP contribution in [0, 0.1) is 5.41 Å². The van der Waals surface area contributed by atoms with E-state index in [4.69, 9.17) is 4.74 Å². The highest BCUT2D eigenvalue weighted by Gasteiger charge is 2.27. The number of hydrogen-bond donors (Lipinski definition) is 1. The topological polar surface area (TPSA) is 33.6 Å². The van der Waals surface area contributed by atoms with Gasteiger partial charge in [-0.1, -0.05) is 51.1 Å². The summed E-state index contributed by atoms with van der Waals surface area (Å²) < 4.78 is 5.30. The van der Waals surface area contributed by atoms with Crippen molar-refractivity contribution in [2.24, 2.45) is 10.4 Å². The summed E-state index contributed by atoms with van der Waals surface area (Å²) in [6, 6.07) is 18.5. The van der Waals surface area contributed by atoms with E-state index in [1.807, 2.05) is 30.3 Å². The standard InChI is InChI=1S/C25H34N2OS/c1-24(2,3)18-25(4,5)27-23(29-17-19-11-9-8-10-12-19)22(26-6)20-13-15-21(28-7)16-14-20/h8-16,27H,6,17-18H2,1-5,7H3/b23-22-. The third-order valence-corrected chi connectivity index (χ3v) is 5.45. The lowest BCUT2D eigenvalue weighted by Crippen LogP contribution is -2.41. The van der Waals surface area contributed by atoms with Crippen molar-refractivity contribution in [3.8, 4) is 5.75 Å².